The Morgan fingerprint density at radius 3 is 3.04 bits per heavy atom. The molecule has 1 aromatic carbocycles. The van der Waals surface area contributed by atoms with Crippen molar-refractivity contribution in [2.75, 3.05) is 37.7 Å². The maximum absolute atomic E-state index is 12.6. The van der Waals surface area contributed by atoms with E-state index in [1.54, 1.807) is 23.1 Å². The van der Waals surface area contributed by atoms with Crippen LogP contribution in [0.15, 0.2) is 18.2 Å². The van der Waals surface area contributed by atoms with E-state index in [1.165, 1.54) is 4.90 Å². The number of halogens is 1. The number of morpholine rings is 1. The number of benzene rings is 1. The molecule has 2 aliphatic rings. The zero-order chi connectivity index (χ0) is 16.4. The lowest BCUT2D eigenvalue weighted by atomic mass is 10.2. The standard InChI is InChI=1S/C16H19ClN2O4/c1-2-12-8-18(5-6-22-12)15(20)9-19-13-7-11(17)3-4-14(13)23-10-16(19)21/h3-4,7,12H,2,5-6,8-10H2,1H3. The van der Waals surface area contributed by atoms with Crippen molar-refractivity contribution in [2.45, 2.75) is 19.4 Å². The minimum absolute atomic E-state index is 0.00797. The summed E-state index contributed by atoms with van der Waals surface area (Å²) in [4.78, 5) is 27.9. The molecule has 0 radical (unpaired) electrons. The second kappa shape index (κ2) is 6.76. The SMILES string of the molecule is CCC1CN(C(=O)CN2C(=O)COc3ccc(Cl)cc32)CCO1. The third kappa shape index (κ3) is 3.43. The highest BCUT2D eigenvalue weighted by Gasteiger charge is 2.30. The number of hydrogen-bond acceptors (Lipinski definition) is 4. The van der Waals surface area contributed by atoms with Gasteiger partial charge in [-0.25, -0.2) is 0 Å². The molecule has 1 fully saturated rings. The predicted molar refractivity (Wildman–Crippen MR) is 85.9 cm³/mol. The number of nitrogens with zero attached hydrogens (tertiary/aromatic N) is 2. The van der Waals surface area contributed by atoms with Gasteiger partial charge < -0.3 is 14.4 Å². The van der Waals surface area contributed by atoms with E-state index in [1.807, 2.05) is 6.92 Å². The zero-order valence-corrected chi connectivity index (χ0v) is 13.7. The maximum atomic E-state index is 12.6. The van der Waals surface area contributed by atoms with Gasteiger partial charge in [-0.15, -0.1) is 0 Å². The number of anilines is 1. The molecule has 0 N–H and O–H groups in total. The van der Waals surface area contributed by atoms with Crippen LogP contribution in [-0.2, 0) is 14.3 Å². The molecule has 1 atom stereocenters. The van der Waals surface area contributed by atoms with Crippen molar-refractivity contribution in [1.29, 1.82) is 0 Å². The van der Waals surface area contributed by atoms with Gasteiger partial charge >= 0.3 is 0 Å². The molecule has 1 aromatic rings. The number of ether oxygens (including phenoxy) is 2. The summed E-state index contributed by atoms with van der Waals surface area (Å²) in [5.74, 6) is 0.233. The summed E-state index contributed by atoms with van der Waals surface area (Å²) in [6.07, 6.45) is 0.924. The van der Waals surface area contributed by atoms with Crippen LogP contribution in [0.25, 0.3) is 0 Å². The van der Waals surface area contributed by atoms with Crippen LogP contribution in [0.5, 0.6) is 5.75 Å². The van der Waals surface area contributed by atoms with Crippen LogP contribution < -0.4 is 9.64 Å². The maximum Gasteiger partial charge on any atom is 0.265 e. The Hall–Kier alpha value is -1.79. The Balaban J connectivity index is 1.75. The first-order chi connectivity index (χ1) is 11.1. The highest BCUT2D eigenvalue weighted by molar-refractivity contribution is 6.31. The molecule has 1 unspecified atom stereocenters. The summed E-state index contributed by atoms with van der Waals surface area (Å²) in [6.45, 7) is 3.60. The van der Waals surface area contributed by atoms with Gasteiger partial charge in [-0.2, -0.15) is 0 Å². The fourth-order valence-corrected chi connectivity index (χ4v) is 2.94. The van der Waals surface area contributed by atoms with E-state index < -0.39 is 0 Å². The zero-order valence-electron chi connectivity index (χ0n) is 13.0. The molecule has 1 saturated heterocycles. The first kappa shape index (κ1) is 16.1. The first-order valence-electron chi connectivity index (χ1n) is 7.70. The van der Waals surface area contributed by atoms with Gasteiger partial charge in [0.15, 0.2) is 6.61 Å². The van der Waals surface area contributed by atoms with Crippen molar-refractivity contribution >= 4 is 29.1 Å². The van der Waals surface area contributed by atoms with Crippen molar-refractivity contribution in [1.82, 2.24) is 4.90 Å². The molecule has 2 amide bonds. The molecule has 0 aliphatic carbocycles. The van der Waals surface area contributed by atoms with Crippen LogP contribution in [-0.4, -0.2) is 55.7 Å². The summed E-state index contributed by atoms with van der Waals surface area (Å²) in [5.41, 5.74) is 0.544. The fourth-order valence-electron chi connectivity index (χ4n) is 2.78. The van der Waals surface area contributed by atoms with E-state index in [9.17, 15) is 9.59 Å². The first-order valence-corrected chi connectivity index (χ1v) is 8.08. The lowest BCUT2D eigenvalue weighted by molar-refractivity contribution is -0.138. The van der Waals surface area contributed by atoms with Crippen LogP contribution in [0.2, 0.25) is 5.02 Å². The van der Waals surface area contributed by atoms with Crippen molar-refractivity contribution in [3.05, 3.63) is 23.2 Å². The lowest BCUT2D eigenvalue weighted by Crippen LogP contribution is -2.51. The average molecular weight is 339 g/mol. The molecule has 7 heteroatoms. The van der Waals surface area contributed by atoms with Gasteiger partial charge in [0, 0.05) is 18.1 Å². The molecule has 0 bridgehead atoms. The summed E-state index contributed by atoms with van der Waals surface area (Å²) in [5, 5.41) is 0.497. The monoisotopic (exact) mass is 338 g/mol. The molecule has 6 nitrogen and oxygen atoms in total. The van der Waals surface area contributed by atoms with Gasteiger partial charge in [-0.05, 0) is 24.6 Å². The third-order valence-corrected chi connectivity index (χ3v) is 4.34. The molecule has 0 saturated carbocycles. The number of carbonyl (C=O) groups excluding carboxylic acids is 2. The van der Waals surface area contributed by atoms with E-state index in [2.05, 4.69) is 0 Å². The van der Waals surface area contributed by atoms with Crippen molar-refractivity contribution in [3.8, 4) is 5.75 Å². The third-order valence-electron chi connectivity index (χ3n) is 4.10. The number of amides is 2. The normalized spacial score (nSPS) is 21.0. The fraction of sp³-hybridized carbons (Fsp3) is 0.500. The van der Waals surface area contributed by atoms with Crippen LogP contribution in [0.1, 0.15) is 13.3 Å². The summed E-state index contributed by atoms with van der Waals surface area (Å²) >= 11 is 6.01. The average Bonchev–Trinajstić information content (AvgIpc) is 2.57. The topological polar surface area (TPSA) is 59.1 Å². The van der Waals surface area contributed by atoms with Crippen LogP contribution in [0.4, 0.5) is 5.69 Å². The molecule has 3 rings (SSSR count). The molecular formula is C16H19ClN2O4. The molecule has 124 valence electrons. The predicted octanol–water partition coefficient (Wildman–Crippen LogP) is 1.70. The van der Waals surface area contributed by atoms with E-state index >= 15 is 0 Å². The Bertz CT molecular complexity index is 622. The van der Waals surface area contributed by atoms with E-state index in [-0.39, 0.29) is 31.1 Å². The molecule has 2 aliphatic heterocycles. The molecule has 2 heterocycles. The summed E-state index contributed by atoms with van der Waals surface area (Å²) < 4.78 is 11.0. The Morgan fingerprint density at radius 2 is 2.26 bits per heavy atom. The lowest BCUT2D eigenvalue weighted by Gasteiger charge is -2.35. The van der Waals surface area contributed by atoms with Crippen LogP contribution >= 0.6 is 11.6 Å². The smallest absolute Gasteiger partial charge is 0.265 e. The molecule has 0 spiro atoms. The van der Waals surface area contributed by atoms with E-state index in [4.69, 9.17) is 21.1 Å². The quantitative estimate of drug-likeness (QED) is 0.841. The molecule has 23 heavy (non-hydrogen) atoms. The van der Waals surface area contributed by atoms with Gasteiger partial charge in [-0.3, -0.25) is 14.5 Å². The number of hydrogen-bond donors (Lipinski definition) is 0. The van der Waals surface area contributed by atoms with Crippen LogP contribution in [0, 0.1) is 0 Å². The Kier molecular flexibility index (Phi) is 4.73. The van der Waals surface area contributed by atoms with Crippen molar-refractivity contribution in [3.63, 3.8) is 0 Å². The summed E-state index contributed by atoms with van der Waals surface area (Å²) in [7, 11) is 0. The largest absolute Gasteiger partial charge is 0.482 e. The minimum atomic E-state index is -0.242. The van der Waals surface area contributed by atoms with Gasteiger partial charge in [0.1, 0.15) is 12.3 Å². The number of rotatable bonds is 3. The highest BCUT2D eigenvalue weighted by atomic mass is 35.5. The van der Waals surface area contributed by atoms with Gasteiger partial charge in [0.25, 0.3) is 5.91 Å². The molecule has 0 aromatic heterocycles. The minimum Gasteiger partial charge on any atom is -0.482 e. The van der Waals surface area contributed by atoms with Gasteiger partial charge in [0.05, 0.1) is 18.4 Å². The van der Waals surface area contributed by atoms with Gasteiger partial charge in [-0.1, -0.05) is 18.5 Å². The van der Waals surface area contributed by atoms with Crippen LogP contribution in [0.3, 0.4) is 0 Å². The second-order valence-corrected chi connectivity index (χ2v) is 6.06. The van der Waals surface area contributed by atoms with E-state index in [0.29, 0.717) is 36.2 Å². The summed E-state index contributed by atoms with van der Waals surface area (Å²) in [6, 6.07) is 5.06. The highest BCUT2D eigenvalue weighted by Crippen LogP contribution is 2.34. The second-order valence-electron chi connectivity index (χ2n) is 5.62. The van der Waals surface area contributed by atoms with Crippen molar-refractivity contribution < 1.29 is 19.1 Å². The number of carbonyl (C=O) groups is 2. The number of fused-ring (bicyclic) bond motifs is 1. The van der Waals surface area contributed by atoms with Gasteiger partial charge in [0.2, 0.25) is 5.91 Å². The van der Waals surface area contributed by atoms with Crippen molar-refractivity contribution in [2.24, 2.45) is 0 Å². The Labute approximate surface area is 139 Å². The van der Waals surface area contributed by atoms with E-state index in [0.717, 1.165) is 6.42 Å². The molecular weight excluding hydrogens is 320 g/mol. The Morgan fingerprint density at radius 1 is 1.43 bits per heavy atom.